The SMILES string of the molecule is CC1CN(c2ccc(CO)c(C(F)(F)F)c2)CC1N(C)C. The molecule has 2 rings (SSSR count). The van der Waals surface area contributed by atoms with Crippen molar-refractivity contribution in [3.05, 3.63) is 29.3 Å². The fourth-order valence-corrected chi connectivity index (χ4v) is 3.00. The van der Waals surface area contributed by atoms with Crippen LogP contribution in [-0.2, 0) is 12.8 Å². The standard InChI is InChI=1S/C15H21F3N2O/c1-10-7-20(8-14(10)19(2)3)12-5-4-11(9-21)13(6-12)15(16,17)18/h4-6,10,14,21H,7-9H2,1-3H3. The molecule has 0 amide bonds. The summed E-state index contributed by atoms with van der Waals surface area (Å²) >= 11 is 0. The lowest BCUT2D eigenvalue weighted by Gasteiger charge is -2.23. The molecule has 0 spiro atoms. The minimum atomic E-state index is -4.44. The van der Waals surface area contributed by atoms with Gasteiger partial charge in [0.25, 0.3) is 0 Å². The largest absolute Gasteiger partial charge is 0.416 e. The smallest absolute Gasteiger partial charge is 0.392 e. The maximum Gasteiger partial charge on any atom is 0.416 e. The third-order valence-corrected chi connectivity index (χ3v) is 4.17. The lowest BCUT2D eigenvalue weighted by Crippen LogP contribution is -2.34. The van der Waals surface area contributed by atoms with Crippen molar-refractivity contribution >= 4 is 5.69 Å². The van der Waals surface area contributed by atoms with Crippen LogP contribution in [0.1, 0.15) is 18.1 Å². The number of alkyl halides is 3. The number of hydrogen-bond acceptors (Lipinski definition) is 3. The van der Waals surface area contributed by atoms with Gasteiger partial charge in [-0.1, -0.05) is 13.0 Å². The summed E-state index contributed by atoms with van der Waals surface area (Å²) in [5, 5.41) is 9.07. The first kappa shape index (κ1) is 16.1. The summed E-state index contributed by atoms with van der Waals surface area (Å²) < 4.78 is 39.1. The van der Waals surface area contributed by atoms with Crippen LogP contribution in [0, 0.1) is 5.92 Å². The van der Waals surface area contributed by atoms with Crippen LogP contribution in [0.2, 0.25) is 0 Å². The minimum Gasteiger partial charge on any atom is -0.392 e. The Morgan fingerprint density at radius 2 is 1.95 bits per heavy atom. The number of halogens is 3. The Kier molecular flexibility index (Phi) is 4.49. The number of aliphatic hydroxyl groups is 1. The lowest BCUT2D eigenvalue weighted by atomic mass is 10.1. The second-order valence-corrected chi connectivity index (χ2v) is 5.91. The third-order valence-electron chi connectivity index (χ3n) is 4.17. The molecule has 3 nitrogen and oxygen atoms in total. The number of rotatable bonds is 3. The van der Waals surface area contributed by atoms with Crippen molar-refractivity contribution in [2.75, 3.05) is 32.1 Å². The van der Waals surface area contributed by atoms with Crippen LogP contribution in [0.15, 0.2) is 18.2 Å². The number of benzene rings is 1. The highest BCUT2D eigenvalue weighted by Gasteiger charge is 2.35. The first-order chi connectivity index (χ1) is 9.74. The molecule has 2 atom stereocenters. The molecule has 1 N–H and O–H groups in total. The van der Waals surface area contributed by atoms with Crippen LogP contribution in [0.3, 0.4) is 0 Å². The molecule has 1 saturated heterocycles. The predicted molar refractivity (Wildman–Crippen MR) is 76.2 cm³/mol. The monoisotopic (exact) mass is 302 g/mol. The third kappa shape index (κ3) is 3.32. The van der Waals surface area contributed by atoms with Crippen LogP contribution in [0.25, 0.3) is 0 Å². The van der Waals surface area contributed by atoms with E-state index in [0.717, 1.165) is 12.6 Å². The predicted octanol–water partition coefficient (Wildman–Crippen LogP) is 2.58. The van der Waals surface area contributed by atoms with E-state index in [-0.39, 0.29) is 5.56 Å². The molecule has 1 aliphatic rings. The Bertz CT molecular complexity index is 502. The van der Waals surface area contributed by atoms with Gasteiger partial charge in [0.05, 0.1) is 12.2 Å². The van der Waals surface area contributed by atoms with Crippen LogP contribution in [0.4, 0.5) is 18.9 Å². The quantitative estimate of drug-likeness (QED) is 0.929. The molecular weight excluding hydrogens is 281 g/mol. The molecule has 1 heterocycles. The molecule has 0 aromatic heterocycles. The summed E-state index contributed by atoms with van der Waals surface area (Å²) in [5.74, 6) is 0.395. The number of likely N-dealkylation sites (N-methyl/N-ethyl adjacent to an activating group) is 1. The van der Waals surface area contributed by atoms with Crippen molar-refractivity contribution in [3.8, 4) is 0 Å². The first-order valence-corrected chi connectivity index (χ1v) is 6.96. The average Bonchev–Trinajstić information content (AvgIpc) is 2.79. The summed E-state index contributed by atoms with van der Waals surface area (Å²) in [6.45, 7) is 2.95. The molecule has 0 bridgehead atoms. The van der Waals surface area contributed by atoms with E-state index < -0.39 is 18.3 Å². The van der Waals surface area contributed by atoms with E-state index >= 15 is 0 Å². The molecule has 0 saturated carbocycles. The van der Waals surface area contributed by atoms with Gasteiger partial charge in [-0.3, -0.25) is 0 Å². The van der Waals surface area contributed by atoms with Gasteiger partial charge in [-0.2, -0.15) is 13.2 Å². The fourth-order valence-electron chi connectivity index (χ4n) is 3.00. The maximum absolute atomic E-state index is 13.0. The van der Waals surface area contributed by atoms with Crippen LogP contribution in [0.5, 0.6) is 0 Å². The summed E-state index contributed by atoms with van der Waals surface area (Å²) in [6.07, 6.45) is -4.44. The minimum absolute atomic E-state index is 0.0809. The topological polar surface area (TPSA) is 26.7 Å². The van der Waals surface area contributed by atoms with E-state index in [1.165, 1.54) is 6.07 Å². The molecular formula is C15H21F3N2O. The highest BCUT2D eigenvalue weighted by atomic mass is 19.4. The molecule has 1 fully saturated rings. The maximum atomic E-state index is 13.0. The van der Waals surface area contributed by atoms with Crippen molar-refractivity contribution in [1.29, 1.82) is 0 Å². The summed E-state index contributed by atoms with van der Waals surface area (Å²) in [4.78, 5) is 4.09. The van der Waals surface area contributed by atoms with Gasteiger partial charge in [0.15, 0.2) is 0 Å². The van der Waals surface area contributed by atoms with Gasteiger partial charge in [-0.15, -0.1) is 0 Å². The molecule has 1 aliphatic heterocycles. The van der Waals surface area contributed by atoms with Crippen molar-refractivity contribution in [2.24, 2.45) is 5.92 Å². The second kappa shape index (κ2) is 5.85. The van der Waals surface area contributed by atoms with Crippen molar-refractivity contribution < 1.29 is 18.3 Å². The summed E-state index contributed by atoms with van der Waals surface area (Å²) in [7, 11) is 3.97. The van der Waals surface area contributed by atoms with E-state index in [0.29, 0.717) is 24.2 Å². The molecule has 2 unspecified atom stereocenters. The zero-order valence-corrected chi connectivity index (χ0v) is 12.5. The fraction of sp³-hybridized carbons (Fsp3) is 0.600. The second-order valence-electron chi connectivity index (χ2n) is 5.91. The van der Waals surface area contributed by atoms with Crippen LogP contribution < -0.4 is 4.90 Å². The summed E-state index contributed by atoms with van der Waals surface area (Å²) in [6, 6.07) is 4.50. The van der Waals surface area contributed by atoms with Gasteiger partial charge in [0, 0.05) is 24.8 Å². The Morgan fingerprint density at radius 3 is 2.43 bits per heavy atom. The first-order valence-electron chi connectivity index (χ1n) is 6.96. The zero-order valence-electron chi connectivity index (χ0n) is 12.5. The van der Waals surface area contributed by atoms with E-state index in [1.807, 2.05) is 19.0 Å². The molecule has 0 radical (unpaired) electrons. The van der Waals surface area contributed by atoms with Gasteiger partial charge >= 0.3 is 6.18 Å². The van der Waals surface area contributed by atoms with Gasteiger partial charge in [-0.25, -0.2) is 0 Å². The molecule has 0 aliphatic carbocycles. The van der Waals surface area contributed by atoms with Crippen molar-refractivity contribution in [3.63, 3.8) is 0 Å². The molecule has 1 aromatic carbocycles. The van der Waals surface area contributed by atoms with E-state index in [4.69, 9.17) is 5.11 Å². The zero-order chi connectivity index (χ0) is 15.8. The molecule has 1 aromatic rings. The molecule has 118 valence electrons. The van der Waals surface area contributed by atoms with Crippen LogP contribution in [-0.4, -0.2) is 43.2 Å². The molecule has 21 heavy (non-hydrogen) atoms. The number of aliphatic hydroxyl groups excluding tert-OH is 1. The van der Waals surface area contributed by atoms with Gasteiger partial charge in [0.2, 0.25) is 0 Å². The van der Waals surface area contributed by atoms with Gasteiger partial charge in [-0.05, 0) is 37.7 Å². The number of nitrogens with zero attached hydrogens (tertiary/aromatic N) is 2. The Morgan fingerprint density at radius 1 is 1.29 bits per heavy atom. The van der Waals surface area contributed by atoms with Gasteiger partial charge in [0.1, 0.15) is 0 Å². The normalized spacial score (nSPS) is 23.1. The highest BCUT2D eigenvalue weighted by molar-refractivity contribution is 5.53. The highest BCUT2D eigenvalue weighted by Crippen LogP contribution is 2.36. The van der Waals surface area contributed by atoms with Gasteiger partial charge < -0.3 is 14.9 Å². The summed E-state index contributed by atoms with van der Waals surface area (Å²) in [5.41, 5.74) is -0.262. The Hall–Kier alpha value is -1.27. The average molecular weight is 302 g/mol. The van der Waals surface area contributed by atoms with E-state index in [1.54, 1.807) is 6.07 Å². The van der Waals surface area contributed by atoms with Crippen molar-refractivity contribution in [1.82, 2.24) is 4.90 Å². The van der Waals surface area contributed by atoms with Crippen molar-refractivity contribution in [2.45, 2.75) is 25.7 Å². The van der Waals surface area contributed by atoms with E-state index in [9.17, 15) is 13.2 Å². The number of hydrogen-bond donors (Lipinski definition) is 1. The Labute approximate surface area is 123 Å². The number of anilines is 1. The van der Waals surface area contributed by atoms with Crippen LogP contribution >= 0.6 is 0 Å². The Balaban J connectivity index is 2.30. The molecule has 6 heteroatoms. The van der Waals surface area contributed by atoms with E-state index in [2.05, 4.69) is 11.8 Å². The lowest BCUT2D eigenvalue weighted by molar-refractivity contribution is -0.138.